The van der Waals surface area contributed by atoms with Gasteiger partial charge in [-0.2, -0.15) is 0 Å². The molecule has 0 bridgehead atoms. The number of amides is 1. The Labute approximate surface area is 152 Å². The van der Waals surface area contributed by atoms with Crippen LogP contribution < -0.4 is 5.32 Å². The van der Waals surface area contributed by atoms with E-state index >= 15 is 0 Å². The number of aromatic nitrogens is 1. The SMILES string of the molecule is CCc1ccc(CNC(=O)c2cc3cccc4c3n2C[C@H](C)S4)cc1. The minimum Gasteiger partial charge on any atom is -0.347 e. The second-order valence-corrected chi connectivity index (χ2v) is 8.10. The number of thioether (sulfide) groups is 1. The number of rotatable bonds is 4. The lowest BCUT2D eigenvalue weighted by molar-refractivity contribution is 0.0942. The van der Waals surface area contributed by atoms with E-state index < -0.39 is 0 Å². The zero-order chi connectivity index (χ0) is 17.4. The Balaban J connectivity index is 1.58. The number of nitrogens with one attached hydrogen (secondary N) is 1. The van der Waals surface area contributed by atoms with Crippen LogP contribution in [0.2, 0.25) is 0 Å². The van der Waals surface area contributed by atoms with Gasteiger partial charge in [0.2, 0.25) is 0 Å². The van der Waals surface area contributed by atoms with Crippen LogP contribution in [0.4, 0.5) is 0 Å². The number of aryl methyl sites for hydroxylation is 1. The Bertz CT molecular complexity index is 927. The largest absolute Gasteiger partial charge is 0.347 e. The summed E-state index contributed by atoms with van der Waals surface area (Å²) in [6.07, 6.45) is 1.03. The van der Waals surface area contributed by atoms with Gasteiger partial charge in [0.25, 0.3) is 5.91 Å². The average molecular weight is 350 g/mol. The first-order chi connectivity index (χ1) is 12.2. The molecule has 0 unspecified atom stereocenters. The van der Waals surface area contributed by atoms with E-state index in [9.17, 15) is 4.79 Å². The average Bonchev–Trinajstić information content (AvgIpc) is 3.00. The number of hydrogen-bond acceptors (Lipinski definition) is 2. The maximum Gasteiger partial charge on any atom is 0.268 e. The van der Waals surface area contributed by atoms with E-state index in [2.05, 4.69) is 66.2 Å². The van der Waals surface area contributed by atoms with Crippen LogP contribution in [-0.4, -0.2) is 15.7 Å². The van der Waals surface area contributed by atoms with Crippen LogP contribution in [0.5, 0.6) is 0 Å². The van der Waals surface area contributed by atoms with Crippen molar-refractivity contribution in [1.29, 1.82) is 0 Å². The number of carbonyl (C=O) groups excluding carboxylic acids is 1. The van der Waals surface area contributed by atoms with Gasteiger partial charge in [-0.3, -0.25) is 4.79 Å². The Morgan fingerprint density at radius 3 is 2.72 bits per heavy atom. The molecule has 0 saturated heterocycles. The van der Waals surface area contributed by atoms with Crippen LogP contribution in [0.15, 0.2) is 53.4 Å². The lowest BCUT2D eigenvalue weighted by atomic mass is 10.1. The van der Waals surface area contributed by atoms with E-state index in [1.54, 1.807) is 0 Å². The molecule has 0 aliphatic carbocycles. The summed E-state index contributed by atoms with van der Waals surface area (Å²) in [5, 5.41) is 4.70. The molecule has 0 fully saturated rings. The van der Waals surface area contributed by atoms with Gasteiger partial charge < -0.3 is 9.88 Å². The van der Waals surface area contributed by atoms with Crippen LogP contribution >= 0.6 is 11.8 Å². The van der Waals surface area contributed by atoms with E-state index in [1.165, 1.54) is 16.0 Å². The molecule has 2 aromatic carbocycles. The van der Waals surface area contributed by atoms with Gasteiger partial charge in [-0.05, 0) is 29.7 Å². The van der Waals surface area contributed by atoms with Gasteiger partial charge in [-0.1, -0.05) is 50.2 Å². The molecule has 1 aliphatic heterocycles. The molecule has 128 valence electrons. The quantitative estimate of drug-likeness (QED) is 0.744. The molecule has 4 rings (SSSR count). The van der Waals surface area contributed by atoms with Crippen molar-refractivity contribution < 1.29 is 4.79 Å². The van der Waals surface area contributed by atoms with Gasteiger partial charge in [-0.25, -0.2) is 0 Å². The zero-order valence-corrected chi connectivity index (χ0v) is 15.4. The van der Waals surface area contributed by atoms with E-state index in [1.807, 2.05) is 17.8 Å². The van der Waals surface area contributed by atoms with Crippen LogP contribution in [0.3, 0.4) is 0 Å². The summed E-state index contributed by atoms with van der Waals surface area (Å²) < 4.78 is 2.18. The number of carbonyl (C=O) groups is 1. The third-order valence-corrected chi connectivity index (χ3v) is 5.90. The van der Waals surface area contributed by atoms with Crippen molar-refractivity contribution in [1.82, 2.24) is 9.88 Å². The van der Waals surface area contributed by atoms with E-state index in [0.717, 1.165) is 29.6 Å². The Kier molecular flexibility index (Phi) is 4.30. The van der Waals surface area contributed by atoms with E-state index in [-0.39, 0.29) is 5.91 Å². The zero-order valence-electron chi connectivity index (χ0n) is 14.6. The molecular weight excluding hydrogens is 328 g/mol. The topological polar surface area (TPSA) is 34.0 Å². The maximum atomic E-state index is 12.8. The predicted octanol–water partition coefficient (Wildman–Crippen LogP) is 4.63. The summed E-state index contributed by atoms with van der Waals surface area (Å²) in [4.78, 5) is 14.1. The van der Waals surface area contributed by atoms with Crippen molar-refractivity contribution in [3.05, 3.63) is 65.4 Å². The van der Waals surface area contributed by atoms with Gasteiger partial charge in [-0.15, -0.1) is 11.8 Å². The molecule has 1 amide bonds. The van der Waals surface area contributed by atoms with Crippen LogP contribution in [0.1, 0.15) is 35.5 Å². The fourth-order valence-corrected chi connectivity index (χ4v) is 4.59. The van der Waals surface area contributed by atoms with Crippen molar-refractivity contribution in [2.45, 2.75) is 43.5 Å². The lowest BCUT2D eigenvalue weighted by Gasteiger charge is -2.22. The van der Waals surface area contributed by atoms with Crippen molar-refractivity contribution in [3.8, 4) is 0 Å². The number of hydrogen-bond donors (Lipinski definition) is 1. The minimum absolute atomic E-state index is 0.000757. The number of benzene rings is 2. The van der Waals surface area contributed by atoms with Gasteiger partial charge in [0.1, 0.15) is 5.69 Å². The van der Waals surface area contributed by atoms with Gasteiger partial charge >= 0.3 is 0 Å². The number of nitrogens with zero attached hydrogens (tertiary/aromatic N) is 1. The molecule has 4 heteroatoms. The monoisotopic (exact) mass is 350 g/mol. The van der Waals surface area contributed by atoms with Crippen LogP contribution in [0, 0.1) is 0 Å². The van der Waals surface area contributed by atoms with Crippen molar-refractivity contribution >= 4 is 28.6 Å². The van der Waals surface area contributed by atoms with Gasteiger partial charge in [0.05, 0.1) is 5.52 Å². The summed E-state index contributed by atoms with van der Waals surface area (Å²) in [6, 6.07) is 16.8. The molecule has 25 heavy (non-hydrogen) atoms. The Morgan fingerprint density at radius 2 is 1.96 bits per heavy atom. The third kappa shape index (κ3) is 3.07. The molecular formula is C21H22N2OS. The highest BCUT2D eigenvalue weighted by atomic mass is 32.2. The molecule has 0 saturated carbocycles. The second kappa shape index (κ2) is 6.60. The summed E-state index contributed by atoms with van der Waals surface area (Å²) >= 11 is 1.89. The minimum atomic E-state index is 0.000757. The first kappa shape index (κ1) is 16.3. The maximum absolute atomic E-state index is 12.8. The molecule has 0 spiro atoms. The molecule has 1 aliphatic rings. The van der Waals surface area contributed by atoms with Gasteiger partial charge in [0.15, 0.2) is 0 Å². The standard InChI is InChI=1S/C21H22N2OS/c1-3-15-7-9-16(10-8-15)12-22-21(24)18-11-17-5-4-6-19-20(17)23(18)13-14(2)25-19/h4-11,14H,3,12-13H2,1-2H3,(H,22,24)/t14-/m0/s1. The highest BCUT2D eigenvalue weighted by Gasteiger charge is 2.23. The summed E-state index contributed by atoms with van der Waals surface area (Å²) in [5.74, 6) is 0.000757. The predicted molar refractivity (Wildman–Crippen MR) is 104 cm³/mol. The molecule has 3 aromatic rings. The number of para-hydroxylation sites is 1. The van der Waals surface area contributed by atoms with Gasteiger partial charge in [0, 0.05) is 28.6 Å². The summed E-state index contributed by atoms with van der Waals surface area (Å²) in [6.45, 7) is 5.79. The molecule has 1 N–H and O–H groups in total. The van der Waals surface area contributed by atoms with Crippen molar-refractivity contribution in [2.75, 3.05) is 0 Å². The summed E-state index contributed by atoms with van der Waals surface area (Å²) in [7, 11) is 0. The lowest BCUT2D eigenvalue weighted by Crippen LogP contribution is -2.27. The van der Waals surface area contributed by atoms with E-state index in [4.69, 9.17) is 0 Å². The molecule has 1 atom stereocenters. The normalized spacial score (nSPS) is 16.2. The molecule has 1 aromatic heterocycles. The molecule has 2 heterocycles. The highest BCUT2D eigenvalue weighted by molar-refractivity contribution is 8.00. The molecule has 0 radical (unpaired) electrons. The fourth-order valence-electron chi connectivity index (χ4n) is 3.44. The molecule has 3 nitrogen and oxygen atoms in total. The Morgan fingerprint density at radius 1 is 1.20 bits per heavy atom. The first-order valence-corrected chi connectivity index (χ1v) is 9.68. The summed E-state index contributed by atoms with van der Waals surface area (Å²) in [5.41, 5.74) is 4.41. The van der Waals surface area contributed by atoms with Crippen LogP contribution in [-0.2, 0) is 19.5 Å². The van der Waals surface area contributed by atoms with Crippen molar-refractivity contribution in [3.63, 3.8) is 0 Å². The fraction of sp³-hybridized carbons (Fsp3) is 0.286. The highest BCUT2D eigenvalue weighted by Crippen LogP contribution is 2.38. The first-order valence-electron chi connectivity index (χ1n) is 8.80. The van der Waals surface area contributed by atoms with Crippen LogP contribution in [0.25, 0.3) is 10.9 Å². The Hall–Kier alpha value is -2.20. The second-order valence-electron chi connectivity index (χ2n) is 6.62. The van der Waals surface area contributed by atoms with Crippen molar-refractivity contribution in [2.24, 2.45) is 0 Å². The van der Waals surface area contributed by atoms with E-state index in [0.29, 0.717) is 11.8 Å². The smallest absolute Gasteiger partial charge is 0.268 e. The third-order valence-electron chi connectivity index (χ3n) is 4.77.